The van der Waals surface area contributed by atoms with Crippen LogP contribution in [-0.2, 0) is 12.8 Å². The predicted octanol–water partition coefficient (Wildman–Crippen LogP) is 4.15. The van der Waals surface area contributed by atoms with Crippen LogP contribution >= 0.6 is 0 Å². The number of imidazole rings is 1. The third-order valence-electron chi connectivity index (χ3n) is 5.22. The molecule has 4 nitrogen and oxygen atoms in total. The van der Waals surface area contributed by atoms with Crippen LogP contribution in [0.15, 0.2) is 79.8 Å². The van der Waals surface area contributed by atoms with E-state index in [0.29, 0.717) is 6.04 Å². The number of hydrogen-bond donors (Lipinski definition) is 1. The second-order valence-electron chi connectivity index (χ2n) is 7.00. The van der Waals surface area contributed by atoms with E-state index in [1.807, 2.05) is 35.2 Å². The standard InChI is InChI=1S/C23H20N4/c1-16(26-20-12-18-6-2-3-7-19(18)13-20)17-9-10-21-22(14-17)27(15-25-21)23-8-4-5-11-24-23/h2-11,14-15,20,26H,1,12-13H2. The summed E-state index contributed by atoms with van der Waals surface area (Å²) in [6.45, 7) is 4.29. The molecule has 0 atom stereocenters. The normalized spacial score (nSPS) is 13.6. The summed E-state index contributed by atoms with van der Waals surface area (Å²) in [5.41, 5.74) is 6.88. The molecule has 2 aromatic carbocycles. The number of nitrogens with one attached hydrogen (secondary N) is 1. The van der Waals surface area contributed by atoms with Crippen LogP contribution in [0.1, 0.15) is 16.7 Å². The van der Waals surface area contributed by atoms with E-state index in [1.165, 1.54) is 11.1 Å². The first-order valence-electron chi connectivity index (χ1n) is 9.19. The molecule has 2 aromatic heterocycles. The predicted molar refractivity (Wildman–Crippen MR) is 109 cm³/mol. The van der Waals surface area contributed by atoms with Gasteiger partial charge in [-0.25, -0.2) is 9.97 Å². The van der Waals surface area contributed by atoms with E-state index < -0.39 is 0 Å². The number of aromatic nitrogens is 3. The Morgan fingerprint density at radius 3 is 2.48 bits per heavy atom. The van der Waals surface area contributed by atoms with Gasteiger partial charge in [-0.2, -0.15) is 0 Å². The van der Waals surface area contributed by atoms with Crippen LogP contribution < -0.4 is 5.32 Å². The van der Waals surface area contributed by atoms with Gasteiger partial charge < -0.3 is 5.32 Å². The van der Waals surface area contributed by atoms with Crippen LogP contribution in [0.3, 0.4) is 0 Å². The maximum absolute atomic E-state index is 4.50. The third-order valence-corrected chi connectivity index (χ3v) is 5.22. The Kier molecular flexibility index (Phi) is 3.75. The molecule has 0 saturated heterocycles. The van der Waals surface area contributed by atoms with Crippen LogP contribution in [-0.4, -0.2) is 20.6 Å². The molecule has 0 spiro atoms. The van der Waals surface area contributed by atoms with E-state index in [-0.39, 0.29) is 0 Å². The van der Waals surface area contributed by atoms with Gasteiger partial charge in [-0.15, -0.1) is 0 Å². The molecule has 132 valence electrons. The average Bonchev–Trinajstić information content (AvgIpc) is 3.31. The number of nitrogens with zero attached hydrogens (tertiary/aromatic N) is 3. The Balaban J connectivity index is 1.41. The zero-order chi connectivity index (χ0) is 18.2. The summed E-state index contributed by atoms with van der Waals surface area (Å²) in [5, 5.41) is 3.62. The van der Waals surface area contributed by atoms with Gasteiger partial charge in [0.05, 0.1) is 11.0 Å². The van der Waals surface area contributed by atoms with Crippen molar-refractivity contribution in [1.82, 2.24) is 19.9 Å². The molecular formula is C23H20N4. The zero-order valence-corrected chi connectivity index (χ0v) is 15.0. The average molecular weight is 352 g/mol. The van der Waals surface area contributed by atoms with Crippen molar-refractivity contribution in [1.29, 1.82) is 0 Å². The fourth-order valence-corrected chi connectivity index (χ4v) is 3.86. The summed E-state index contributed by atoms with van der Waals surface area (Å²) in [7, 11) is 0. The van der Waals surface area contributed by atoms with Crippen molar-refractivity contribution in [3.05, 3.63) is 96.5 Å². The lowest BCUT2D eigenvalue weighted by Crippen LogP contribution is -2.27. The first-order chi connectivity index (χ1) is 13.3. The Labute approximate surface area is 158 Å². The molecule has 27 heavy (non-hydrogen) atoms. The van der Waals surface area contributed by atoms with Crippen LogP contribution in [0.25, 0.3) is 22.5 Å². The van der Waals surface area contributed by atoms with Crippen molar-refractivity contribution in [3.8, 4) is 5.82 Å². The molecule has 2 heterocycles. The molecule has 0 radical (unpaired) electrons. The Morgan fingerprint density at radius 1 is 0.963 bits per heavy atom. The van der Waals surface area contributed by atoms with Crippen molar-refractivity contribution < 1.29 is 0 Å². The molecule has 0 fully saturated rings. The fraction of sp³-hybridized carbons (Fsp3) is 0.130. The van der Waals surface area contributed by atoms with E-state index in [4.69, 9.17) is 0 Å². The SMILES string of the molecule is C=C(NC1Cc2ccccc2C1)c1ccc2ncn(-c3ccccn3)c2c1. The highest BCUT2D eigenvalue weighted by atomic mass is 15.1. The van der Waals surface area contributed by atoms with Crippen molar-refractivity contribution in [3.63, 3.8) is 0 Å². The summed E-state index contributed by atoms with van der Waals surface area (Å²) in [5.74, 6) is 0.863. The van der Waals surface area contributed by atoms with Gasteiger partial charge in [-0.3, -0.25) is 4.57 Å². The zero-order valence-electron chi connectivity index (χ0n) is 15.0. The molecule has 0 bridgehead atoms. The van der Waals surface area contributed by atoms with E-state index >= 15 is 0 Å². The summed E-state index contributed by atoms with van der Waals surface area (Å²) in [4.78, 5) is 8.94. The molecule has 1 aliphatic carbocycles. The minimum Gasteiger partial charge on any atom is -0.382 e. The van der Waals surface area contributed by atoms with Crippen molar-refractivity contribution >= 4 is 16.7 Å². The first kappa shape index (κ1) is 15.8. The lowest BCUT2D eigenvalue weighted by Gasteiger charge is -2.16. The summed E-state index contributed by atoms with van der Waals surface area (Å²) < 4.78 is 2.01. The van der Waals surface area contributed by atoms with Gasteiger partial charge in [-0.05, 0) is 53.8 Å². The Hall–Kier alpha value is -3.40. The second kappa shape index (κ2) is 6.40. The molecule has 5 rings (SSSR count). The molecule has 1 aliphatic rings. The minimum absolute atomic E-state index is 0.395. The van der Waals surface area contributed by atoms with Crippen molar-refractivity contribution in [2.24, 2.45) is 0 Å². The quantitative estimate of drug-likeness (QED) is 0.600. The van der Waals surface area contributed by atoms with Crippen LogP contribution in [0.4, 0.5) is 0 Å². The van der Waals surface area contributed by atoms with Crippen molar-refractivity contribution in [2.75, 3.05) is 0 Å². The number of pyridine rings is 1. The lowest BCUT2D eigenvalue weighted by atomic mass is 10.1. The van der Waals surface area contributed by atoms with Gasteiger partial charge in [0, 0.05) is 17.9 Å². The van der Waals surface area contributed by atoms with E-state index in [1.54, 1.807) is 6.20 Å². The Morgan fingerprint density at radius 2 is 1.74 bits per heavy atom. The van der Waals surface area contributed by atoms with E-state index in [0.717, 1.165) is 41.0 Å². The molecule has 0 unspecified atom stereocenters. The van der Waals surface area contributed by atoms with Crippen LogP contribution in [0.2, 0.25) is 0 Å². The summed E-state index contributed by atoms with van der Waals surface area (Å²) >= 11 is 0. The van der Waals surface area contributed by atoms with Gasteiger partial charge in [0.25, 0.3) is 0 Å². The van der Waals surface area contributed by atoms with E-state index in [9.17, 15) is 0 Å². The molecule has 4 heteroatoms. The lowest BCUT2D eigenvalue weighted by molar-refractivity contribution is 0.632. The Bertz CT molecular complexity index is 1100. The number of hydrogen-bond acceptors (Lipinski definition) is 3. The highest BCUT2D eigenvalue weighted by Crippen LogP contribution is 2.25. The number of rotatable bonds is 4. The minimum atomic E-state index is 0.395. The first-order valence-corrected chi connectivity index (χ1v) is 9.19. The van der Waals surface area contributed by atoms with Gasteiger partial charge in [0.2, 0.25) is 0 Å². The van der Waals surface area contributed by atoms with Gasteiger partial charge in [-0.1, -0.05) is 43.0 Å². The molecular weight excluding hydrogens is 332 g/mol. The van der Waals surface area contributed by atoms with Crippen LogP contribution in [0.5, 0.6) is 0 Å². The van der Waals surface area contributed by atoms with Gasteiger partial charge in [0.1, 0.15) is 12.1 Å². The monoisotopic (exact) mass is 352 g/mol. The topological polar surface area (TPSA) is 42.7 Å². The molecule has 1 N–H and O–H groups in total. The highest BCUT2D eigenvalue weighted by Gasteiger charge is 2.21. The van der Waals surface area contributed by atoms with Crippen molar-refractivity contribution in [2.45, 2.75) is 18.9 Å². The smallest absolute Gasteiger partial charge is 0.138 e. The second-order valence-corrected chi connectivity index (χ2v) is 7.00. The third kappa shape index (κ3) is 2.89. The molecule has 0 amide bonds. The molecule has 4 aromatic rings. The summed E-state index contributed by atoms with van der Waals surface area (Å²) in [6.07, 6.45) is 5.70. The number of benzene rings is 2. The number of fused-ring (bicyclic) bond motifs is 2. The molecule has 0 saturated carbocycles. The van der Waals surface area contributed by atoms with Gasteiger partial charge >= 0.3 is 0 Å². The van der Waals surface area contributed by atoms with Crippen LogP contribution in [0, 0.1) is 0 Å². The summed E-state index contributed by atoms with van der Waals surface area (Å²) in [6, 6.07) is 21.2. The van der Waals surface area contributed by atoms with E-state index in [2.05, 4.69) is 58.3 Å². The fourth-order valence-electron chi connectivity index (χ4n) is 3.86. The molecule has 0 aliphatic heterocycles. The maximum atomic E-state index is 4.50. The maximum Gasteiger partial charge on any atom is 0.138 e. The van der Waals surface area contributed by atoms with Gasteiger partial charge in [0.15, 0.2) is 0 Å². The highest BCUT2D eigenvalue weighted by molar-refractivity contribution is 5.81. The largest absolute Gasteiger partial charge is 0.382 e.